The van der Waals surface area contributed by atoms with Crippen LogP contribution < -0.4 is 16.4 Å². The number of nitrogen functional groups attached to an aromatic ring is 1. The zero-order valence-electron chi connectivity index (χ0n) is 37.8. The molecule has 1 saturated heterocycles. The molecule has 24 nitrogen and oxygen atoms in total. The van der Waals surface area contributed by atoms with E-state index in [1.54, 1.807) is 0 Å². The SMILES string of the molecule is CCCCCCCCCC(C)CCCCCC(=O)SCCNC(=O)CCNC(=O)C(O)C(C)(C)COP(=O)(O)OP(=O)(O)OCC1OC(n2cnc3c(N)ncnc32)C(O)C1OP(=O)(O)O. The molecule has 8 unspecified atom stereocenters. The maximum Gasteiger partial charge on any atom is 0.481 e. The van der Waals surface area contributed by atoms with Crippen molar-refractivity contribution in [3.8, 4) is 0 Å². The standard InChI is InChI=1S/C38H68N7O17P3S/c1-5-6-7-8-9-10-12-15-26(2)16-13-11-14-17-29(47)66-21-20-40-28(46)18-19-41-36(50)33(49)38(3,4)23-59-65(56,57)62-64(54,55)58-22-27-32(61-63(51,52)53)31(48)37(60-27)45-25-44-30-34(39)42-24-43-35(30)45/h24-27,31-33,37,48-49H,5-23H2,1-4H3,(H,40,46)(H,41,50)(H,54,55)(H,56,57)(H2,39,42,43)(H2,51,52,53). The highest BCUT2D eigenvalue weighted by Gasteiger charge is 2.50. The third-order valence-electron chi connectivity index (χ3n) is 10.6. The van der Waals surface area contributed by atoms with Gasteiger partial charge in [-0.15, -0.1) is 0 Å². The highest BCUT2D eigenvalue weighted by molar-refractivity contribution is 8.13. The molecule has 0 aliphatic carbocycles. The van der Waals surface area contributed by atoms with Gasteiger partial charge in [0, 0.05) is 37.1 Å². The molecule has 1 aliphatic rings. The molecule has 2 amide bonds. The number of phosphoric acid groups is 3. The van der Waals surface area contributed by atoms with Crippen molar-refractivity contribution in [3.63, 3.8) is 0 Å². The summed E-state index contributed by atoms with van der Waals surface area (Å²) in [5, 5.41) is 26.7. The first kappa shape index (κ1) is 57.9. The Bertz CT molecular complexity index is 2000. The molecule has 10 N–H and O–H groups in total. The van der Waals surface area contributed by atoms with Gasteiger partial charge in [-0.25, -0.2) is 28.6 Å². The van der Waals surface area contributed by atoms with Crippen molar-refractivity contribution >= 4 is 69.1 Å². The van der Waals surface area contributed by atoms with Gasteiger partial charge in [0.1, 0.15) is 36.3 Å². The number of thioether (sulfide) groups is 1. The molecule has 2 aromatic rings. The van der Waals surface area contributed by atoms with E-state index in [1.165, 1.54) is 71.6 Å². The molecule has 1 aliphatic heterocycles. The van der Waals surface area contributed by atoms with Gasteiger partial charge in [0.2, 0.25) is 11.8 Å². The Morgan fingerprint density at radius 3 is 2.21 bits per heavy atom. The van der Waals surface area contributed by atoms with Gasteiger partial charge >= 0.3 is 23.5 Å². The lowest BCUT2D eigenvalue weighted by molar-refractivity contribution is -0.137. The van der Waals surface area contributed by atoms with E-state index in [9.17, 15) is 57.9 Å². The maximum atomic E-state index is 12.7. The third kappa shape index (κ3) is 20.7. The fourth-order valence-electron chi connectivity index (χ4n) is 6.90. The molecular formula is C38H68N7O17P3S. The van der Waals surface area contributed by atoms with Crippen molar-refractivity contribution in [2.75, 3.05) is 37.8 Å². The zero-order valence-corrected chi connectivity index (χ0v) is 41.3. The molecule has 28 heteroatoms. The van der Waals surface area contributed by atoms with E-state index in [0.717, 1.165) is 48.2 Å². The molecular weight excluding hydrogens is 951 g/mol. The van der Waals surface area contributed by atoms with Crippen molar-refractivity contribution in [1.29, 1.82) is 0 Å². The number of aliphatic hydroxyl groups excluding tert-OH is 2. The van der Waals surface area contributed by atoms with Crippen LogP contribution in [0.15, 0.2) is 12.7 Å². The number of phosphoric ester groups is 3. The third-order valence-corrected chi connectivity index (χ3v) is 14.7. The number of anilines is 1. The second-order valence-electron chi connectivity index (χ2n) is 16.9. The average Bonchev–Trinajstić information content (AvgIpc) is 3.80. The first-order valence-electron chi connectivity index (χ1n) is 22.0. The van der Waals surface area contributed by atoms with E-state index in [4.69, 9.17) is 19.5 Å². The Labute approximate surface area is 388 Å². The largest absolute Gasteiger partial charge is 0.481 e. The Morgan fingerprint density at radius 1 is 0.909 bits per heavy atom. The number of unbranched alkanes of at least 4 members (excludes halogenated alkanes) is 8. The summed E-state index contributed by atoms with van der Waals surface area (Å²) in [7, 11) is -16.4. The van der Waals surface area contributed by atoms with Gasteiger partial charge in [-0.3, -0.25) is 32.5 Å². The highest BCUT2D eigenvalue weighted by Crippen LogP contribution is 2.61. The summed E-state index contributed by atoms with van der Waals surface area (Å²) in [5.41, 5.74) is 4.29. The topological polar surface area (TPSA) is 364 Å². The number of carbonyl (C=O) groups excluding carboxylic acids is 3. The van der Waals surface area contributed by atoms with Gasteiger partial charge in [0.15, 0.2) is 22.8 Å². The van der Waals surface area contributed by atoms with Crippen LogP contribution in [-0.2, 0) is 50.7 Å². The number of nitrogens with one attached hydrogen (secondary N) is 2. The Balaban J connectivity index is 1.33. The summed E-state index contributed by atoms with van der Waals surface area (Å²) in [5.74, 6) is -0.322. The van der Waals surface area contributed by atoms with Gasteiger partial charge in [-0.1, -0.05) is 110 Å². The van der Waals surface area contributed by atoms with E-state index < -0.39 is 84.6 Å². The fraction of sp³-hybridized carbons (Fsp3) is 0.789. The molecule has 0 radical (unpaired) electrons. The summed E-state index contributed by atoms with van der Waals surface area (Å²) in [6, 6.07) is 0. The normalized spacial score (nSPS) is 20.7. The Morgan fingerprint density at radius 2 is 1.55 bits per heavy atom. The number of imidazole rings is 1. The van der Waals surface area contributed by atoms with Crippen LogP contribution >= 0.6 is 35.2 Å². The lowest BCUT2D eigenvalue weighted by Crippen LogP contribution is -2.46. The summed E-state index contributed by atoms with van der Waals surface area (Å²) >= 11 is 1.16. The summed E-state index contributed by atoms with van der Waals surface area (Å²) < 4.78 is 62.4. The van der Waals surface area contributed by atoms with Crippen molar-refractivity contribution < 1.29 is 80.5 Å². The maximum absolute atomic E-state index is 12.7. The number of fused-ring (bicyclic) bond motifs is 1. The molecule has 3 heterocycles. The summed E-state index contributed by atoms with van der Waals surface area (Å²) in [4.78, 5) is 88.4. The molecule has 66 heavy (non-hydrogen) atoms. The van der Waals surface area contributed by atoms with E-state index in [2.05, 4.69) is 48.3 Å². The van der Waals surface area contributed by atoms with Crippen LogP contribution in [0.2, 0.25) is 0 Å². The number of hydrogen-bond acceptors (Lipinski definition) is 18. The van der Waals surface area contributed by atoms with Crippen LogP contribution in [0.25, 0.3) is 11.2 Å². The van der Waals surface area contributed by atoms with Crippen LogP contribution in [0.5, 0.6) is 0 Å². The first-order valence-corrected chi connectivity index (χ1v) is 27.5. The van der Waals surface area contributed by atoms with Gasteiger partial charge in [0.05, 0.1) is 19.5 Å². The van der Waals surface area contributed by atoms with Crippen molar-refractivity contribution in [1.82, 2.24) is 30.2 Å². The Kier molecular flexibility index (Phi) is 24.3. The minimum absolute atomic E-state index is 0.0336. The number of nitrogens with zero attached hydrogens (tertiary/aromatic N) is 4. The zero-order chi connectivity index (χ0) is 49.1. The lowest BCUT2D eigenvalue weighted by atomic mass is 9.87. The molecule has 378 valence electrons. The van der Waals surface area contributed by atoms with Gasteiger partial charge in [-0.05, 0) is 12.3 Å². The number of ether oxygens (including phenoxy) is 1. The van der Waals surface area contributed by atoms with Crippen LogP contribution in [0, 0.1) is 11.3 Å². The number of aromatic nitrogens is 4. The number of amides is 2. The molecule has 0 bridgehead atoms. The fourth-order valence-corrected chi connectivity index (χ4v) is 10.4. The molecule has 1 fully saturated rings. The number of rotatable bonds is 33. The predicted octanol–water partition coefficient (Wildman–Crippen LogP) is 4.39. The van der Waals surface area contributed by atoms with Gasteiger partial charge in [-0.2, -0.15) is 4.31 Å². The quantitative estimate of drug-likeness (QED) is 0.0353. The number of carbonyl (C=O) groups is 3. The average molecular weight is 1020 g/mol. The van der Waals surface area contributed by atoms with E-state index >= 15 is 0 Å². The molecule has 0 spiro atoms. The van der Waals surface area contributed by atoms with Crippen LogP contribution in [0.1, 0.15) is 124 Å². The molecule has 0 aromatic carbocycles. The second kappa shape index (κ2) is 27.7. The smallest absolute Gasteiger partial charge is 0.386 e. The molecule has 0 saturated carbocycles. The van der Waals surface area contributed by atoms with Crippen LogP contribution in [0.3, 0.4) is 0 Å². The van der Waals surface area contributed by atoms with Crippen molar-refractivity contribution in [2.24, 2.45) is 11.3 Å². The molecule has 3 rings (SSSR count). The Hall–Kier alpha value is -2.44. The highest BCUT2D eigenvalue weighted by atomic mass is 32.2. The summed E-state index contributed by atoms with van der Waals surface area (Å²) in [6.45, 7) is 5.11. The predicted molar refractivity (Wildman–Crippen MR) is 242 cm³/mol. The van der Waals surface area contributed by atoms with Crippen molar-refractivity contribution in [3.05, 3.63) is 12.7 Å². The van der Waals surface area contributed by atoms with Gasteiger partial charge < -0.3 is 50.9 Å². The van der Waals surface area contributed by atoms with E-state index in [1.807, 2.05) is 0 Å². The molecule has 8 atom stereocenters. The number of aliphatic hydroxyl groups is 2. The number of hydrogen-bond donors (Lipinski definition) is 9. The number of nitrogens with two attached hydrogens (primary N) is 1. The lowest BCUT2D eigenvalue weighted by Gasteiger charge is -2.30. The van der Waals surface area contributed by atoms with Crippen molar-refractivity contribution in [2.45, 2.75) is 148 Å². The molecule has 2 aromatic heterocycles. The van der Waals surface area contributed by atoms with Gasteiger partial charge in [0.25, 0.3) is 0 Å². The van der Waals surface area contributed by atoms with Crippen LogP contribution in [0.4, 0.5) is 5.82 Å². The van der Waals surface area contributed by atoms with Crippen LogP contribution in [-0.4, -0.2) is 123 Å². The van der Waals surface area contributed by atoms with E-state index in [-0.39, 0.29) is 41.6 Å². The second-order valence-corrected chi connectivity index (χ2v) is 22.3. The summed E-state index contributed by atoms with van der Waals surface area (Å²) in [6.07, 6.45) is 8.18. The minimum atomic E-state index is -5.57. The van der Waals surface area contributed by atoms with E-state index in [0.29, 0.717) is 18.1 Å². The minimum Gasteiger partial charge on any atom is -0.386 e. The first-order chi connectivity index (χ1) is 30.9. The monoisotopic (exact) mass is 1020 g/mol.